The normalized spacial score (nSPS) is 15.3. The fraction of sp³-hybridized carbons (Fsp3) is 0.900. The second kappa shape index (κ2) is 5.46. The smallest absolute Gasteiger partial charge is 0.417 e. The highest BCUT2D eigenvalue weighted by atomic mass is 19.4. The topological polar surface area (TPSA) is 38.3 Å². The number of nitrogens with one attached hydrogen (secondary N) is 1. The summed E-state index contributed by atoms with van der Waals surface area (Å²) in [6.07, 6.45) is -13.9. The van der Waals surface area contributed by atoms with Crippen molar-refractivity contribution >= 4 is 6.09 Å². The summed E-state index contributed by atoms with van der Waals surface area (Å²) >= 11 is 0. The molecule has 0 heterocycles. The van der Waals surface area contributed by atoms with E-state index in [1.165, 1.54) is 6.92 Å². The van der Waals surface area contributed by atoms with Crippen LogP contribution in [0.3, 0.4) is 0 Å². The molecule has 1 N–H and O–H groups in total. The van der Waals surface area contributed by atoms with Crippen LogP contribution in [0.5, 0.6) is 0 Å². The van der Waals surface area contributed by atoms with E-state index < -0.39 is 36.0 Å². The van der Waals surface area contributed by atoms with Gasteiger partial charge in [0.15, 0.2) is 0 Å². The fourth-order valence-electron chi connectivity index (χ4n) is 0.838. The Morgan fingerprint density at radius 2 is 1.37 bits per heavy atom. The molecular formula is C10H15F6NO2. The van der Waals surface area contributed by atoms with Gasteiger partial charge in [0, 0.05) is 0 Å². The second-order valence-corrected chi connectivity index (χ2v) is 5.07. The Bertz CT molecular complexity index is 303. The van der Waals surface area contributed by atoms with E-state index in [-0.39, 0.29) is 0 Å². The molecule has 0 aromatic heterocycles. The van der Waals surface area contributed by atoms with Crippen LogP contribution in [0.1, 0.15) is 27.7 Å². The molecule has 0 unspecified atom stereocenters. The standard InChI is InChI=1S/C10H15F6NO2/c1-5(8(2,3)4)19-7(18)17-6(9(11,12)13)10(14,15)16/h5-6H,1-4H3,(H,17,18)/t5-/m0/s1. The highest BCUT2D eigenvalue weighted by Crippen LogP contribution is 2.33. The van der Waals surface area contributed by atoms with Crippen LogP contribution in [0.2, 0.25) is 0 Å². The Labute approximate surface area is 106 Å². The van der Waals surface area contributed by atoms with Gasteiger partial charge in [0.1, 0.15) is 6.10 Å². The first-order valence-electron chi connectivity index (χ1n) is 5.26. The highest BCUT2D eigenvalue weighted by Gasteiger charge is 2.58. The lowest BCUT2D eigenvalue weighted by atomic mass is 9.90. The number of alkyl carbamates (subject to hydrolysis) is 1. The van der Waals surface area contributed by atoms with Crippen LogP contribution >= 0.6 is 0 Å². The summed E-state index contributed by atoms with van der Waals surface area (Å²) in [4.78, 5) is 11.1. The Hall–Kier alpha value is -1.15. The molecule has 1 amide bonds. The van der Waals surface area contributed by atoms with E-state index >= 15 is 0 Å². The number of carbonyl (C=O) groups excluding carboxylic acids is 1. The maximum Gasteiger partial charge on any atom is 0.417 e. The molecule has 19 heavy (non-hydrogen) atoms. The van der Waals surface area contributed by atoms with E-state index in [0.29, 0.717) is 0 Å². The summed E-state index contributed by atoms with van der Waals surface area (Å²) in [5.41, 5.74) is -0.608. The van der Waals surface area contributed by atoms with Gasteiger partial charge in [-0.15, -0.1) is 0 Å². The van der Waals surface area contributed by atoms with Gasteiger partial charge in [-0.3, -0.25) is 0 Å². The summed E-state index contributed by atoms with van der Waals surface area (Å²) in [7, 11) is 0. The van der Waals surface area contributed by atoms with Gasteiger partial charge in [-0.05, 0) is 12.3 Å². The van der Waals surface area contributed by atoms with E-state index in [1.807, 2.05) is 0 Å². The zero-order valence-corrected chi connectivity index (χ0v) is 10.7. The molecule has 0 aromatic rings. The van der Waals surface area contributed by atoms with Crippen molar-refractivity contribution in [3.63, 3.8) is 0 Å². The lowest BCUT2D eigenvalue weighted by Crippen LogP contribution is -2.55. The minimum Gasteiger partial charge on any atom is -0.446 e. The third-order valence-corrected chi connectivity index (χ3v) is 2.42. The average Bonchev–Trinajstić information content (AvgIpc) is 2.08. The minimum atomic E-state index is -5.64. The molecule has 0 radical (unpaired) electrons. The molecule has 0 bridgehead atoms. The van der Waals surface area contributed by atoms with Crippen LogP contribution in [0.15, 0.2) is 0 Å². The minimum absolute atomic E-state index is 0.608. The van der Waals surface area contributed by atoms with Gasteiger partial charge in [-0.25, -0.2) is 4.79 Å². The summed E-state index contributed by atoms with van der Waals surface area (Å²) in [5, 5.41) is 0.789. The van der Waals surface area contributed by atoms with E-state index in [9.17, 15) is 31.1 Å². The predicted octanol–water partition coefficient (Wildman–Crippen LogP) is 3.64. The Morgan fingerprint density at radius 1 is 1.00 bits per heavy atom. The summed E-state index contributed by atoms with van der Waals surface area (Å²) in [6, 6.07) is -3.94. The van der Waals surface area contributed by atoms with Crippen LogP contribution in [0.4, 0.5) is 31.1 Å². The number of hydrogen-bond acceptors (Lipinski definition) is 2. The first-order valence-corrected chi connectivity index (χ1v) is 5.26. The van der Waals surface area contributed by atoms with Gasteiger partial charge in [-0.1, -0.05) is 20.8 Å². The quantitative estimate of drug-likeness (QED) is 0.790. The number of alkyl halides is 6. The average molecular weight is 295 g/mol. The molecule has 1 atom stereocenters. The first kappa shape index (κ1) is 17.8. The Kier molecular flexibility index (Phi) is 5.13. The summed E-state index contributed by atoms with van der Waals surface area (Å²) in [6.45, 7) is 6.23. The van der Waals surface area contributed by atoms with Crippen LogP contribution in [-0.2, 0) is 4.74 Å². The first-order chi connectivity index (χ1) is 8.15. The number of rotatable bonds is 2. The fourth-order valence-corrected chi connectivity index (χ4v) is 0.838. The van der Waals surface area contributed by atoms with Crippen molar-refractivity contribution in [1.29, 1.82) is 0 Å². The molecule has 114 valence electrons. The van der Waals surface area contributed by atoms with Crippen LogP contribution in [0.25, 0.3) is 0 Å². The number of halogens is 6. The molecule has 0 aliphatic carbocycles. The Morgan fingerprint density at radius 3 is 1.63 bits per heavy atom. The molecule has 0 fully saturated rings. The zero-order chi connectivity index (χ0) is 15.6. The van der Waals surface area contributed by atoms with Gasteiger partial charge in [0.25, 0.3) is 0 Å². The van der Waals surface area contributed by atoms with Crippen molar-refractivity contribution in [2.24, 2.45) is 5.41 Å². The SMILES string of the molecule is C[C@H](OC(=O)NC(C(F)(F)F)C(F)(F)F)C(C)(C)C. The Balaban J connectivity index is 4.77. The van der Waals surface area contributed by atoms with E-state index in [2.05, 4.69) is 4.74 Å². The predicted molar refractivity (Wildman–Crippen MR) is 54.4 cm³/mol. The molecule has 0 saturated heterocycles. The van der Waals surface area contributed by atoms with Gasteiger partial charge < -0.3 is 10.1 Å². The molecule has 9 heteroatoms. The monoisotopic (exact) mass is 295 g/mol. The van der Waals surface area contributed by atoms with Gasteiger partial charge in [0.2, 0.25) is 6.04 Å². The molecule has 0 spiro atoms. The summed E-state index contributed by atoms with van der Waals surface area (Å²) < 4.78 is 77.4. The van der Waals surface area contributed by atoms with Crippen LogP contribution in [-0.4, -0.2) is 30.6 Å². The van der Waals surface area contributed by atoms with Gasteiger partial charge >= 0.3 is 18.4 Å². The van der Waals surface area contributed by atoms with Gasteiger partial charge in [-0.2, -0.15) is 26.3 Å². The van der Waals surface area contributed by atoms with Crippen LogP contribution in [0, 0.1) is 5.41 Å². The number of amides is 1. The third kappa shape index (κ3) is 6.02. The number of hydrogen-bond donors (Lipinski definition) is 1. The largest absolute Gasteiger partial charge is 0.446 e. The van der Waals surface area contributed by atoms with Crippen molar-refractivity contribution in [2.75, 3.05) is 0 Å². The van der Waals surface area contributed by atoms with Crippen molar-refractivity contribution < 1.29 is 35.9 Å². The number of ether oxygens (including phenoxy) is 1. The number of carbonyl (C=O) groups is 1. The molecule has 3 nitrogen and oxygen atoms in total. The lowest BCUT2D eigenvalue weighted by Gasteiger charge is -2.29. The molecule has 0 rings (SSSR count). The van der Waals surface area contributed by atoms with E-state index in [0.717, 1.165) is 5.32 Å². The van der Waals surface area contributed by atoms with E-state index in [1.54, 1.807) is 20.8 Å². The van der Waals surface area contributed by atoms with Crippen molar-refractivity contribution in [3.05, 3.63) is 0 Å². The molecule has 0 aliphatic rings. The van der Waals surface area contributed by atoms with Crippen LogP contribution < -0.4 is 5.32 Å². The maximum absolute atomic E-state index is 12.2. The molecule has 0 saturated carbocycles. The molecule has 0 aliphatic heterocycles. The molecular weight excluding hydrogens is 280 g/mol. The van der Waals surface area contributed by atoms with Crippen molar-refractivity contribution in [2.45, 2.75) is 52.2 Å². The molecule has 0 aromatic carbocycles. The highest BCUT2D eigenvalue weighted by molar-refractivity contribution is 5.68. The second-order valence-electron chi connectivity index (χ2n) is 5.07. The maximum atomic E-state index is 12.2. The third-order valence-electron chi connectivity index (χ3n) is 2.42. The van der Waals surface area contributed by atoms with Crippen molar-refractivity contribution in [3.8, 4) is 0 Å². The van der Waals surface area contributed by atoms with E-state index in [4.69, 9.17) is 0 Å². The summed E-state index contributed by atoms with van der Waals surface area (Å²) in [5.74, 6) is 0. The zero-order valence-electron chi connectivity index (χ0n) is 10.7. The van der Waals surface area contributed by atoms with Crippen molar-refractivity contribution in [1.82, 2.24) is 5.32 Å². The van der Waals surface area contributed by atoms with Gasteiger partial charge in [0.05, 0.1) is 0 Å². The lowest BCUT2D eigenvalue weighted by molar-refractivity contribution is -0.256.